The van der Waals surface area contributed by atoms with Crippen LogP contribution in [0.25, 0.3) is 0 Å². The van der Waals surface area contributed by atoms with E-state index in [2.05, 4.69) is 6.58 Å². The molecule has 1 fully saturated rings. The molecule has 1 heterocycles. The summed E-state index contributed by atoms with van der Waals surface area (Å²) in [6, 6.07) is 0. The van der Waals surface area contributed by atoms with Gasteiger partial charge in [0.1, 0.15) is 6.10 Å². The number of esters is 1. The fourth-order valence-electron chi connectivity index (χ4n) is 2.60. The zero-order valence-corrected chi connectivity index (χ0v) is 11.3. The van der Waals surface area contributed by atoms with E-state index in [4.69, 9.17) is 4.74 Å². The molecule has 104 valence electrons. The highest BCUT2D eigenvalue weighted by Gasteiger charge is 2.42. The predicted molar refractivity (Wildman–Crippen MR) is 71.3 cm³/mol. The molecule has 0 bridgehead atoms. The fraction of sp³-hybridized carbons (Fsp3) is 0.533. The van der Waals surface area contributed by atoms with Crippen LogP contribution in [0.3, 0.4) is 0 Å². The smallest absolute Gasteiger partial charge is 0.334 e. The van der Waals surface area contributed by atoms with E-state index in [1.54, 1.807) is 13.0 Å². The van der Waals surface area contributed by atoms with Crippen LogP contribution in [0.1, 0.15) is 26.7 Å². The van der Waals surface area contributed by atoms with Crippen molar-refractivity contribution >= 4 is 5.97 Å². The summed E-state index contributed by atoms with van der Waals surface area (Å²) in [5, 5.41) is 20.3. The summed E-state index contributed by atoms with van der Waals surface area (Å²) in [7, 11) is 0. The molecular weight excluding hydrogens is 244 g/mol. The minimum Gasteiger partial charge on any atom is -0.454 e. The molecular formula is C15H20O4. The number of hydrogen-bond acceptors (Lipinski definition) is 4. The number of carbonyl (C=O) groups excluding carboxylic acids is 1. The Balaban J connectivity index is 2.38. The normalized spacial score (nSPS) is 41.7. The van der Waals surface area contributed by atoms with Crippen LogP contribution in [0, 0.1) is 5.92 Å². The van der Waals surface area contributed by atoms with Gasteiger partial charge in [-0.3, -0.25) is 0 Å². The number of fused-ring (bicyclic) bond motifs is 1. The molecule has 0 amide bonds. The SMILES string of the molecule is C=C1C(=O)OC2/C=C(/C)C(O)C/C=C(/C)CC(O)C12. The van der Waals surface area contributed by atoms with Gasteiger partial charge in [-0.05, 0) is 38.3 Å². The van der Waals surface area contributed by atoms with Crippen LogP contribution < -0.4 is 0 Å². The second-order valence-corrected chi connectivity index (χ2v) is 5.41. The van der Waals surface area contributed by atoms with Gasteiger partial charge in [-0.25, -0.2) is 4.79 Å². The summed E-state index contributed by atoms with van der Waals surface area (Å²) in [6.45, 7) is 7.43. The van der Waals surface area contributed by atoms with Crippen molar-refractivity contribution in [2.75, 3.05) is 0 Å². The van der Waals surface area contributed by atoms with Crippen LogP contribution in [-0.2, 0) is 9.53 Å². The first-order chi connectivity index (χ1) is 8.90. The average molecular weight is 264 g/mol. The van der Waals surface area contributed by atoms with Gasteiger partial charge < -0.3 is 14.9 Å². The van der Waals surface area contributed by atoms with Crippen molar-refractivity contribution in [1.82, 2.24) is 0 Å². The molecule has 0 saturated carbocycles. The lowest BCUT2D eigenvalue weighted by Gasteiger charge is -2.24. The molecule has 4 unspecified atom stereocenters. The Morgan fingerprint density at radius 1 is 1.37 bits per heavy atom. The third kappa shape index (κ3) is 2.80. The monoisotopic (exact) mass is 264 g/mol. The maximum Gasteiger partial charge on any atom is 0.334 e. The van der Waals surface area contributed by atoms with Gasteiger partial charge in [0.25, 0.3) is 0 Å². The highest BCUT2D eigenvalue weighted by Crippen LogP contribution is 2.34. The summed E-state index contributed by atoms with van der Waals surface area (Å²) in [4.78, 5) is 11.6. The van der Waals surface area contributed by atoms with Gasteiger partial charge >= 0.3 is 5.97 Å². The quantitative estimate of drug-likeness (QED) is 0.395. The second kappa shape index (κ2) is 5.31. The lowest BCUT2D eigenvalue weighted by molar-refractivity contribution is -0.137. The van der Waals surface area contributed by atoms with E-state index in [-0.39, 0.29) is 0 Å². The van der Waals surface area contributed by atoms with Crippen LogP contribution in [-0.4, -0.2) is 34.5 Å². The van der Waals surface area contributed by atoms with Crippen LogP contribution in [0.2, 0.25) is 0 Å². The molecule has 1 aliphatic heterocycles. The van der Waals surface area contributed by atoms with E-state index in [1.807, 2.05) is 13.0 Å². The van der Waals surface area contributed by atoms with E-state index in [0.29, 0.717) is 18.4 Å². The van der Waals surface area contributed by atoms with Gasteiger partial charge in [-0.15, -0.1) is 0 Å². The molecule has 19 heavy (non-hydrogen) atoms. The minimum atomic E-state index is -0.695. The molecule has 2 N–H and O–H groups in total. The summed E-state index contributed by atoms with van der Waals surface area (Å²) < 4.78 is 5.23. The molecule has 1 saturated heterocycles. The molecule has 4 atom stereocenters. The molecule has 4 heteroatoms. The third-order valence-electron chi connectivity index (χ3n) is 3.85. The highest BCUT2D eigenvalue weighted by molar-refractivity contribution is 5.91. The summed E-state index contributed by atoms with van der Waals surface area (Å²) in [5.74, 6) is -0.899. The number of aliphatic hydroxyl groups is 2. The van der Waals surface area contributed by atoms with Gasteiger partial charge in [-0.1, -0.05) is 18.2 Å². The number of hydrogen-bond donors (Lipinski definition) is 2. The Bertz CT molecular complexity index is 461. The molecule has 1 aliphatic carbocycles. The van der Waals surface area contributed by atoms with Crippen LogP contribution in [0.4, 0.5) is 0 Å². The Morgan fingerprint density at radius 3 is 2.74 bits per heavy atom. The van der Waals surface area contributed by atoms with Crippen LogP contribution in [0.5, 0.6) is 0 Å². The van der Waals surface area contributed by atoms with E-state index >= 15 is 0 Å². The largest absolute Gasteiger partial charge is 0.454 e. The van der Waals surface area contributed by atoms with Crippen molar-refractivity contribution < 1.29 is 19.7 Å². The molecule has 0 aromatic carbocycles. The lowest BCUT2D eigenvalue weighted by atomic mass is 9.85. The van der Waals surface area contributed by atoms with Crippen molar-refractivity contribution in [2.24, 2.45) is 5.92 Å². The maximum atomic E-state index is 11.6. The van der Waals surface area contributed by atoms with Crippen LogP contribution in [0.15, 0.2) is 35.5 Å². The molecule has 0 radical (unpaired) electrons. The summed E-state index contributed by atoms with van der Waals surface area (Å²) in [5.41, 5.74) is 2.05. The summed E-state index contributed by atoms with van der Waals surface area (Å²) >= 11 is 0. The molecule has 0 aromatic rings. The molecule has 2 rings (SSSR count). The zero-order chi connectivity index (χ0) is 14.2. The molecule has 2 aliphatic rings. The Labute approximate surface area is 113 Å². The average Bonchev–Trinajstić information content (AvgIpc) is 2.60. The molecule has 4 nitrogen and oxygen atoms in total. The van der Waals surface area contributed by atoms with Gasteiger partial charge in [0.15, 0.2) is 0 Å². The van der Waals surface area contributed by atoms with Crippen molar-refractivity contribution in [3.63, 3.8) is 0 Å². The predicted octanol–water partition coefficient (Wildman–Crippen LogP) is 1.49. The highest BCUT2D eigenvalue weighted by atomic mass is 16.6. The topological polar surface area (TPSA) is 66.8 Å². The first-order valence-corrected chi connectivity index (χ1v) is 6.50. The van der Waals surface area contributed by atoms with Crippen LogP contribution >= 0.6 is 0 Å². The third-order valence-corrected chi connectivity index (χ3v) is 3.85. The van der Waals surface area contributed by atoms with Gasteiger partial charge in [-0.2, -0.15) is 0 Å². The first-order valence-electron chi connectivity index (χ1n) is 6.50. The van der Waals surface area contributed by atoms with E-state index in [0.717, 1.165) is 11.1 Å². The van der Waals surface area contributed by atoms with E-state index < -0.39 is 30.2 Å². The lowest BCUT2D eigenvalue weighted by Crippen LogP contribution is -2.29. The molecule has 0 aromatic heterocycles. The number of carbonyl (C=O) groups is 1. The molecule has 0 spiro atoms. The van der Waals surface area contributed by atoms with Gasteiger partial charge in [0.05, 0.1) is 18.1 Å². The number of aliphatic hydroxyl groups excluding tert-OH is 2. The van der Waals surface area contributed by atoms with Crippen molar-refractivity contribution in [3.8, 4) is 0 Å². The second-order valence-electron chi connectivity index (χ2n) is 5.41. The Morgan fingerprint density at radius 2 is 2.05 bits per heavy atom. The van der Waals surface area contributed by atoms with Gasteiger partial charge in [0, 0.05) is 5.57 Å². The zero-order valence-electron chi connectivity index (χ0n) is 11.3. The minimum absolute atomic E-state index is 0.310. The fourth-order valence-corrected chi connectivity index (χ4v) is 2.60. The van der Waals surface area contributed by atoms with Crippen molar-refractivity contribution in [3.05, 3.63) is 35.5 Å². The maximum absolute atomic E-state index is 11.6. The summed E-state index contributed by atoms with van der Waals surface area (Å²) in [6.07, 6.45) is 2.80. The van der Waals surface area contributed by atoms with Crippen molar-refractivity contribution in [1.29, 1.82) is 0 Å². The van der Waals surface area contributed by atoms with E-state index in [9.17, 15) is 15.0 Å². The standard InChI is InChI=1S/C15H20O4/c1-8-4-5-11(16)9(2)7-13-14(12(17)6-8)10(3)15(18)19-13/h4,7,11-14,16-17H,3,5-6H2,1-2H3/b8-4-,9-7-. The Kier molecular flexibility index (Phi) is 3.92. The first kappa shape index (κ1) is 14.0. The Hall–Kier alpha value is -1.39. The van der Waals surface area contributed by atoms with E-state index in [1.165, 1.54) is 0 Å². The van der Waals surface area contributed by atoms with Gasteiger partial charge in [0.2, 0.25) is 0 Å². The van der Waals surface area contributed by atoms with Crippen molar-refractivity contribution in [2.45, 2.75) is 45.0 Å². The number of rotatable bonds is 0. The number of ether oxygens (including phenoxy) is 1.